The Labute approximate surface area is 77.6 Å². The molecular weight excluding hydrogens is 200 g/mol. The molecule has 0 aliphatic rings. The predicted octanol–water partition coefficient (Wildman–Crippen LogP) is 1.16. The molecule has 12 heavy (non-hydrogen) atoms. The van der Waals surface area contributed by atoms with E-state index in [4.69, 9.17) is 26.8 Å². The van der Waals surface area contributed by atoms with Crippen molar-refractivity contribution in [2.75, 3.05) is 18.6 Å². The maximum absolute atomic E-state index is 11.0. The average Bonchev–Trinajstić information content (AvgIpc) is 2.00. The number of alkyl halides is 1. The molecule has 0 heterocycles. The van der Waals surface area contributed by atoms with Crippen LogP contribution in [0.5, 0.6) is 0 Å². The van der Waals surface area contributed by atoms with Crippen molar-refractivity contribution in [3.05, 3.63) is 0 Å². The van der Waals surface area contributed by atoms with Crippen LogP contribution in [0.3, 0.4) is 0 Å². The van der Waals surface area contributed by atoms with Gasteiger partial charge in [-0.25, -0.2) is 0 Å². The maximum Gasteiger partial charge on any atom is 0.329 e. The minimum atomic E-state index is -3.47. The molecule has 2 unspecified atom stereocenters. The lowest BCUT2D eigenvalue weighted by atomic mass is 10.3. The van der Waals surface area contributed by atoms with Crippen LogP contribution in [0.4, 0.5) is 0 Å². The van der Waals surface area contributed by atoms with Crippen molar-refractivity contribution in [3.8, 4) is 0 Å². The van der Waals surface area contributed by atoms with E-state index >= 15 is 0 Å². The molecular formula is C6H15ClNO3P. The molecule has 0 fully saturated rings. The third kappa shape index (κ3) is 5.98. The highest BCUT2D eigenvalue weighted by atomic mass is 35.5. The van der Waals surface area contributed by atoms with Gasteiger partial charge in [0.25, 0.3) is 0 Å². The van der Waals surface area contributed by atoms with E-state index in [1.807, 2.05) is 6.92 Å². The van der Waals surface area contributed by atoms with E-state index < -0.39 is 7.60 Å². The quantitative estimate of drug-likeness (QED) is 0.515. The lowest BCUT2D eigenvalue weighted by Gasteiger charge is -2.13. The van der Waals surface area contributed by atoms with Crippen LogP contribution in [0, 0.1) is 0 Å². The molecule has 0 aromatic rings. The molecule has 0 aliphatic carbocycles. The number of halogens is 1. The van der Waals surface area contributed by atoms with Crippen LogP contribution in [0.2, 0.25) is 0 Å². The second-order valence-electron chi connectivity index (χ2n) is 2.51. The Bertz CT molecular complexity index is 167. The van der Waals surface area contributed by atoms with Crippen molar-refractivity contribution in [2.45, 2.75) is 19.4 Å². The van der Waals surface area contributed by atoms with Gasteiger partial charge in [0.2, 0.25) is 0 Å². The first kappa shape index (κ1) is 12.4. The fourth-order valence-corrected chi connectivity index (χ4v) is 1.91. The molecule has 0 spiro atoms. The van der Waals surface area contributed by atoms with Crippen LogP contribution in [0.15, 0.2) is 0 Å². The number of rotatable bonds is 6. The summed E-state index contributed by atoms with van der Waals surface area (Å²) in [5.74, 6) is 0.120. The first-order valence-electron chi connectivity index (χ1n) is 3.79. The minimum Gasteiger partial charge on any atom is -0.326 e. The lowest BCUT2D eigenvalue weighted by molar-refractivity contribution is 0.241. The minimum absolute atomic E-state index is 0.0228. The van der Waals surface area contributed by atoms with Crippen LogP contribution >= 0.6 is 19.2 Å². The topological polar surface area (TPSA) is 72.5 Å². The SMILES string of the molecule is CCC(N)COP(=O)(O)CCCl. The van der Waals surface area contributed by atoms with Crippen LogP contribution in [0.25, 0.3) is 0 Å². The zero-order valence-electron chi connectivity index (χ0n) is 7.07. The van der Waals surface area contributed by atoms with Gasteiger partial charge in [-0.2, -0.15) is 0 Å². The highest BCUT2D eigenvalue weighted by Gasteiger charge is 2.18. The standard InChI is InChI=1S/C6H15ClNO3P/c1-2-6(8)5-11-12(9,10)4-3-7/h6H,2-5,8H2,1H3,(H,9,10). The summed E-state index contributed by atoms with van der Waals surface area (Å²) < 4.78 is 15.8. The van der Waals surface area contributed by atoms with E-state index in [-0.39, 0.29) is 24.7 Å². The van der Waals surface area contributed by atoms with Gasteiger partial charge in [0.05, 0.1) is 12.8 Å². The van der Waals surface area contributed by atoms with Crippen LogP contribution in [-0.2, 0) is 9.09 Å². The Morgan fingerprint density at radius 3 is 2.75 bits per heavy atom. The molecule has 3 N–H and O–H groups in total. The largest absolute Gasteiger partial charge is 0.329 e. The van der Waals surface area contributed by atoms with Gasteiger partial charge >= 0.3 is 7.60 Å². The smallest absolute Gasteiger partial charge is 0.326 e. The van der Waals surface area contributed by atoms with Crippen LogP contribution in [-0.4, -0.2) is 29.6 Å². The summed E-state index contributed by atoms with van der Waals surface area (Å²) >= 11 is 5.29. The third-order valence-electron chi connectivity index (χ3n) is 1.38. The Balaban J connectivity index is 3.67. The van der Waals surface area contributed by atoms with Crippen molar-refractivity contribution >= 4 is 19.2 Å². The Kier molecular flexibility index (Phi) is 6.14. The second-order valence-corrected chi connectivity index (χ2v) is 4.87. The van der Waals surface area contributed by atoms with Crippen molar-refractivity contribution in [2.24, 2.45) is 5.73 Å². The highest BCUT2D eigenvalue weighted by Crippen LogP contribution is 2.41. The zero-order chi connectivity index (χ0) is 9.61. The average molecular weight is 216 g/mol. The van der Waals surface area contributed by atoms with Gasteiger partial charge in [-0.15, -0.1) is 11.6 Å². The molecule has 74 valence electrons. The van der Waals surface area contributed by atoms with Gasteiger partial charge in [-0.3, -0.25) is 4.57 Å². The molecule has 0 bridgehead atoms. The van der Waals surface area contributed by atoms with Gasteiger partial charge < -0.3 is 15.2 Å². The van der Waals surface area contributed by atoms with Gasteiger partial charge in [0.15, 0.2) is 0 Å². The van der Waals surface area contributed by atoms with Crippen molar-refractivity contribution in [3.63, 3.8) is 0 Å². The van der Waals surface area contributed by atoms with Crippen molar-refractivity contribution in [1.82, 2.24) is 0 Å². The van der Waals surface area contributed by atoms with Crippen molar-refractivity contribution < 1.29 is 14.0 Å². The van der Waals surface area contributed by atoms with E-state index in [0.717, 1.165) is 6.42 Å². The number of hydrogen-bond donors (Lipinski definition) is 2. The fourth-order valence-electron chi connectivity index (χ4n) is 0.501. The monoisotopic (exact) mass is 215 g/mol. The zero-order valence-corrected chi connectivity index (χ0v) is 8.72. The second kappa shape index (κ2) is 5.95. The molecule has 4 nitrogen and oxygen atoms in total. The van der Waals surface area contributed by atoms with Gasteiger partial charge in [0, 0.05) is 11.9 Å². The normalized spacial score (nSPS) is 18.7. The molecule has 6 heteroatoms. The van der Waals surface area contributed by atoms with E-state index in [1.54, 1.807) is 0 Å². The molecule has 0 aromatic carbocycles. The molecule has 0 aliphatic heterocycles. The molecule has 0 rings (SSSR count). The predicted molar refractivity (Wildman–Crippen MR) is 49.6 cm³/mol. The first-order chi connectivity index (χ1) is 5.52. The lowest BCUT2D eigenvalue weighted by Crippen LogP contribution is -2.24. The Hall–Kier alpha value is 0.400. The van der Waals surface area contributed by atoms with E-state index in [2.05, 4.69) is 0 Å². The summed E-state index contributed by atoms with van der Waals surface area (Å²) in [6.07, 6.45) is 0.700. The molecule has 0 radical (unpaired) electrons. The molecule has 0 amide bonds. The van der Waals surface area contributed by atoms with E-state index in [0.29, 0.717) is 0 Å². The van der Waals surface area contributed by atoms with E-state index in [1.165, 1.54) is 0 Å². The summed E-state index contributed by atoms with van der Waals surface area (Å²) in [4.78, 5) is 9.05. The maximum atomic E-state index is 11.0. The van der Waals surface area contributed by atoms with Gasteiger partial charge in [-0.05, 0) is 6.42 Å². The molecule has 0 saturated heterocycles. The molecule has 0 aromatic heterocycles. The summed E-state index contributed by atoms with van der Waals surface area (Å²) in [5.41, 5.74) is 5.49. The van der Waals surface area contributed by atoms with Gasteiger partial charge in [-0.1, -0.05) is 6.92 Å². The van der Waals surface area contributed by atoms with Crippen molar-refractivity contribution in [1.29, 1.82) is 0 Å². The summed E-state index contributed by atoms with van der Waals surface area (Å²) in [5, 5.41) is 0. The highest BCUT2D eigenvalue weighted by molar-refractivity contribution is 7.52. The summed E-state index contributed by atoms with van der Waals surface area (Å²) in [7, 11) is -3.47. The Morgan fingerprint density at radius 1 is 1.75 bits per heavy atom. The molecule has 0 saturated carbocycles. The summed E-state index contributed by atoms with van der Waals surface area (Å²) in [6.45, 7) is 2.00. The fraction of sp³-hybridized carbons (Fsp3) is 1.00. The third-order valence-corrected chi connectivity index (χ3v) is 3.18. The number of nitrogens with two attached hydrogens (primary N) is 1. The molecule has 2 atom stereocenters. The van der Waals surface area contributed by atoms with Gasteiger partial charge in [0.1, 0.15) is 0 Å². The van der Waals surface area contributed by atoms with Crippen LogP contribution < -0.4 is 5.73 Å². The number of hydrogen-bond acceptors (Lipinski definition) is 3. The first-order valence-corrected chi connectivity index (χ1v) is 6.09. The summed E-state index contributed by atoms with van der Waals surface area (Å²) in [6, 6.07) is -0.180. The van der Waals surface area contributed by atoms with E-state index in [9.17, 15) is 4.57 Å². The van der Waals surface area contributed by atoms with Crippen LogP contribution in [0.1, 0.15) is 13.3 Å². The Morgan fingerprint density at radius 2 is 2.33 bits per heavy atom.